The van der Waals surface area contributed by atoms with Crippen LogP contribution in [0.3, 0.4) is 0 Å². The molecule has 0 bridgehead atoms. The average molecular weight is 255 g/mol. The SMILES string of the molecule is CN(C(=O)c1cccnc1F)c1ccc(C#N)cc1. The molecule has 94 valence electrons. The Labute approximate surface area is 109 Å². The van der Waals surface area contributed by atoms with E-state index in [1.54, 1.807) is 24.3 Å². The van der Waals surface area contributed by atoms with Gasteiger partial charge in [-0.15, -0.1) is 0 Å². The molecule has 0 aliphatic carbocycles. The number of aromatic nitrogens is 1. The average Bonchev–Trinajstić information content (AvgIpc) is 2.46. The molecule has 1 amide bonds. The number of nitrogens with zero attached hydrogens (tertiary/aromatic N) is 3. The van der Waals surface area contributed by atoms with Crippen molar-refractivity contribution in [1.29, 1.82) is 5.26 Å². The molecule has 0 radical (unpaired) electrons. The van der Waals surface area contributed by atoms with E-state index in [0.29, 0.717) is 11.3 Å². The summed E-state index contributed by atoms with van der Waals surface area (Å²) in [5.74, 6) is -1.29. The number of carbonyl (C=O) groups excluding carboxylic acids is 1. The molecule has 1 heterocycles. The van der Waals surface area contributed by atoms with Crippen LogP contribution in [0.1, 0.15) is 15.9 Å². The number of carbonyl (C=O) groups is 1. The number of halogens is 1. The van der Waals surface area contributed by atoms with Crippen molar-refractivity contribution in [3.05, 3.63) is 59.7 Å². The number of amides is 1. The molecular weight excluding hydrogens is 245 g/mol. The van der Waals surface area contributed by atoms with E-state index < -0.39 is 11.9 Å². The van der Waals surface area contributed by atoms with Crippen molar-refractivity contribution >= 4 is 11.6 Å². The van der Waals surface area contributed by atoms with Crippen molar-refractivity contribution in [3.8, 4) is 6.07 Å². The summed E-state index contributed by atoms with van der Waals surface area (Å²) in [4.78, 5) is 16.9. The van der Waals surface area contributed by atoms with Crippen LogP contribution >= 0.6 is 0 Å². The molecule has 0 aliphatic rings. The first-order valence-corrected chi connectivity index (χ1v) is 5.52. The van der Waals surface area contributed by atoms with Crippen molar-refractivity contribution in [2.45, 2.75) is 0 Å². The van der Waals surface area contributed by atoms with Crippen molar-refractivity contribution in [3.63, 3.8) is 0 Å². The molecule has 2 rings (SSSR count). The number of benzene rings is 1. The molecule has 0 saturated carbocycles. The number of pyridine rings is 1. The van der Waals surface area contributed by atoms with Gasteiger partial charge in [0.15, 0.2) is 0 Å². The molecule has 5 heteroatoms. The molecule has 0 N–H and O–H groups in total. The van der Waals surface area contributed by atoms with Crippen molar-refractivity contribution in [2.75, 3.05) is 11.9 Å². The van der Waals surface area contributed by atoms with E-state index in [-0.39, 0.29) is 5.56 Å². The predicted molar refractivity (Wildman–Crippen MR) is 68.1 cm³/mol. The van der Waals surface area contributed by atoms with Crippen molar-refractivity contribution in [1.82, 2.24) is 4.98 Å². The summed E-state index contributed by atoms with van der Waals surface area (Å²) < 4.78 is 13.4. The van der Waals surface area contributed by atoms with Crippen LogP contribution in [0.15, 0.2) is 42.6 Å². The molecule has 0 unspecified atom stereocenters. The standard InChI is InChI=1S/C14H10FN3O/c1-18(11-6-4-10(9-16)5-7-11)14(19)12-3-2-8-17-13(12)15/h2-8H,1H3. The summed E-state index contributed by atoms with van der Waals surface area (Å²) in [6, 6.07) is 11.3. The Morgan fingerprint density at radius 2 is 2.00 bits per heavy atom. The molecule has 1 aromatic carbocycles. The Balaban J connectivity index is 2.29. The lowest BCUT2D eigenvalue weighted by atomic mass is 10.2. The molecule has 0 aliphatic heterocycles. The van der Waals surface area contributed by atoms with Gasteiger partial charge >= 0.3 is 0 Å². The molecule has 0 saturated heterocycles. The highest BCUT2D eigenvalue weighted by atomic mass is 19.1. The topological polar surface area (TPSA) is 57.0 Å². The van der Waals surface area contributed by atoms with E-state index >= 15 is 0 Å². The van der Waals surface area contributed by atoms with E-state index in [2.05, 4.69) is 4.98 Å². The predicted octanol–water partition coefficient (Wildman–Crippen LogP) is 2.37. The van der Waals surface area contributed by atoms with Gasteiger partial charge in [0.1, 0.15) is 0 Å². The summed E-state index contributed by atoms with van der Waals surface area (Å²) >= 11 is 0. The number of rotatable bonds is 2. The fourth-order valence-electron chi connectivity index (χ4n) is 1.60. The Hall–Kier alpha value is -2.74. The van der Waals surface area contributed by atoms with Gasteiger partial charge in [0.25, 0.3) is 5.91 Å². The quantitative estimate of drug-likeness (QED) is 0.774. The summed E-state index contributed by atoms with van der Waals surface area (Å²) in [5.41, 5.74) is 0.985. The van der Waals surface area contributed by atoms with Crippen LogP contribution in [0, 0.1) is 17.3 Å². The zero-order chi connectivity index (χ0) is 13.8. The van der Waals surface area contributed by atoms with Crippen LogP contribution in [0.5, 0.6) is 0 Å². The van der Waals surface area contributed by atoms with Gasteiger partial charge in [-0.05, 0) is 36.4 Å². The Bertz CT molecular complexity index is 646. The maximum atomic E-state index is 13.4. The Kier molecular flexibility index (Phi) is 3.53. The van der Waals surface area contributed by atoms with Gasteiger partial charge in [-0.25, -0.2) is 4.98 Å². The van der Waals surface area contributed by atoms with Crippen LogP contribution in [0.2, 0.25) is 0 Å². The molecular formula is C14H10FN3O. The lowest BCUT2D eigenvalue weighted by Crippen LogP contribution is -2.27. The van der Waals surface area contributed by atoms with Gasteiger partial charge in [0, 0.05) is 18.9 Å². The molecule has 2 aromatic rings. The lowest BCUT2D eigenvalue weighted by Gasteiger charge is -2.17. The highest BCUT2D eigenvalue weighted by Crippen LogP contribution is 2.17. The summed E-state index contributed by atoms with van der Waals surface area (Å²) in [6.45, 7) is 0. The smallest absolute Gasteiger partial charge is 0.262 e. The van der Waals surface area contributed by atoms with Gasteiger partial charge in [-0.2, -0.15) is 9.65 Å². The minimum absolute atomic E-state index is 0.0886. The van der Waals surface area contributed by atoms with E-state index in [1.807, 2.05) is 6.07 Å². The van der Waals surface area contributed by atoms with Gasteiger partial charge < -0.3 is 4.90 Å². The zero-order valence-corrected chi connectivity index (χ0v) is 10.2. The maximum Gasteiger partial charge on any atom is 0.262 e. The first-order valence-electron chi connectivity index (χ1n) is 5.52. The number of anilines is 1. The van der Waals surface area contributed by atoms with E-state index in [0.717, 1.165) is 0 Å². The fraction of sp³-hybridized carbons (Fsp3) is 0.0714. The Morgan fingerprint density at radius 3 is 2.58 bits per heavy atom. The highest BCUT2D eigenvalue weighted by molar-refractivity contribution is 6.05. The van der Waals surface area contributed by atoms with E-state index in [9.17, 15) is 9.18 Å². The van der Waals surface area contributed by atoms with Gasteiger partial charge in [0.05, 0.1) is 17.2 Å². The van der Waals surface area contributed by atoms with Crippen LogP contribution in [-0.4, -0.2) is 17.9 Å². The summed E-state index contributed by atoms with van der Waals surface area (Å²) in [6.07, 6.45) is 1.29. The minimum Gasteiger partial charge on any atom is -0.311 e. The highest BCUT2D eigenvalue weighted by Gasteiger charge is 2.17. The molecule has 1 aromatic heterocycles. The third-order valence-electron chi connectivity index (χ3n) is 2.68. The molecule has 0 fully saturated rings. The number of hydrogen-bond donors (Lipinski definition) is 0. The van der Waals surface area contributed by atoms with Crippen LogP contribution < -0.4 is 4.90 Å². The molecule has 4 nitrogen and oxygen atoms in total. The van der Waals surface area contributed by atoms with Gasteiger partial charge in [-0.1, -0.05) is 0 Å². The first kappa shape index (κ1) is 12.7. The van der Waals surface area contributed by atoms with Gasteiger partial charge in [-0.3, -0.25) is 4.79 Å². The van der Waals surface area contributed by atoms with E-state index in [1.165, 1.54) is 30.3 Å². The lowest BCUT2D eigenvalue weighted by molar-refractivity contribution is 0.0988. The normalized spacial score (nSPS) is 9.74. The second-order valence-corrected chi connectivity index (χ2v) is 3.86. The Morgan fingerprint density at radius 1 is 1.32 bits per heavy atom. The third kappa shape index (κ3) is 2.58. The van der Waals surface area contributed by atoms with Crippen LogP contribution in [-0.2, 0) is 0 Å². The number of hydrogen-bond acceptors (Lipinski definition) is 3. The van der Waals surface area contributed by atoms with Crippen molar-refractivity contribution < 1.29 is 9.18 Å². The zero-order valence-electron chi connectivity index (χ0n) is 10.2. The van der Waals surface area contributed by atoms with Crippen molar-refractivity contribution in [2.24, 2.45) is 0 Å². The molecule has 19 heavy (non-hydrogen) atoms. The second kappa shape index (κ2) is 5.27. The fourth-order valence-corrected chi connectivity index (χ4v) is 1.60. The van der Waals surface area contributed by atoms with Gasteiger partial charge in [0.2, 0.25) is 5.95 Å². The first-order chi connectivity index (χ1) is 9.13. The largest absolute Gasteiger partial charge is 0.311 e. The van der Waals surface area contributed by atoms with Crippen LogP contribution in [0.25, 0.3) is 0 Å². The third-order valence-corrected chi connectivity index (χ3v) is 2.68. The maximum absolute atomic E-state index is 13.4. The van der Waals surface area contributed by atoms with E-state index in [4.69, 9.17) is 5.26 Å². The number of nitriles is 1. The summed E-state index contributed by atoms with van der Waals surface area (Å²) in [5, 5.41) is 8.70. The molecule has 0 atom stereocenters. The molecule has 0 spiro atoms. The summed E-state index contributed by atoms with van der Waals surface area (Å²) in [7, 11) is 1.54. The second-order valence-electron chi connectivity index (χ2n) is 3.86. The minimum atomic E-state index is -0.798. The van der Waals surface area contributed by atoms with Crippen LogP contribution in [0.4, 0.5) is 10.1 Å². The monoisotopic (exact) mass is 255 g/mol.